The summed E-state index contributed by atoms with van der Waals surface area (Å²) in [6, 6.07) is 7.07. The maximum absolute atomic E-state index is 12.3. The number of ether oxygens (including phenoxy) is 1. The van der Waals surface area contributed by atoms with E-state index in [0.29, 0.717) is 11.5 Å². The van der Waals surface area contributed by atoms with Crippen LogP contribution in [0.3, 0.4) is 0 Å². The number of anilines is 1. The Bertz CT molecular complexity index is 822. The fraction of sp³-hybridized carbons (Fsp3) is 0.474. The first-order chi connectivity index (χ1) is 13.4. The molecule has 0 spiro atoms. The first-order valence-corrected chi connectivity index (χ1v) is 9.34. The molecule has 1 amide bonds. The van der Waals surface area contributed by atoms with Crippen LogP contribution in [0.25, 0.3) is 0 Å². The van der Waals surface area contributed by atoms with Gasteiger partial charge in [0, 0.05) is 42.4 Å². The number of amides is 1. The third kappa shape index (κ3) is 4.58. The molecule has 1 aliphatic carbocycles. The Morgan fingerprint density at radius 3 is 2.43 bits per heavy atom. The van der Waals surface area contributed by atoms with Gasteiger partial charge < -0.3 is 15.0 Å². The molecule has 1 aromatic heterocycles. The largest absolute Gasteiger partial charge is 0.573 e. The molecule has 4 rings (SSSR count). The van der Waals surface area contributed by atoms with Crippen molar-refractivity contribution in [2.75, 3.05) is 18.0 Å². The first-order valence-electron chi connectivity index (χ1n) is 9.34. The fourth-order valence-corrected chi connectivity index (χ4v) is 3.42. The predicted octanol–water partition coefficient (Wildman–Crippen LogP) is 3.58. The van der Waals surface area contributed by atoms with E-state index < -0.39 is 6.36 Å². The van der Waals surface area contributed by atoms with Gasteiger partial charge in [-0.3, -0.25) is 9.89 Å². The molecule has 0 bridgehead atoms. The molecule has 0 atom stereocenters. The average molecular weight is 394 g/mol. The van der Waals surface area contributed by atoms with Gasteiger partial charge in [-0.05, 0) is 49.9 Å². The molecule has 28 heavy (non-hydrogen) atoms. The summed E-state index contributed by atoms with van der Waals surface area (Å²) in [7, 11) is 0. The van der Waals surface area contributed by atoms with Crippen LogP contribution in [-0.2, 0) is 0 Å². The minimum Gasteiger partial charge on any atom is -0.406 e. The molecular formula is C19H21F3N4O2. The van der Waals surface area contributed by atoms with Crippen molar-refractivity contribution in [1.29, 1.82) is 0 Å². The lowest BCUT2D eigenvalue weighted by atomic mass is 10.0. The second-order valence-corrected chi connectivity index (χ2v) is 7.26. The monoisotopic (exact) mass is 394 g/mol. The van der Waals surface area contributed by atoms with Gasteiger partial charge in [0.15, 0.2) is 5.82 Å². The van der Waals surface area contributed by atoms with E-state index >= 15 is 0 Å². The van der Waals surface area contributed by atoms with E-state index in [2.05, 4.69) is 31.2 Å². The van der Waals surface area contributed by atoms with E-state index in [9.17, 15) is 18.0 Å². The molecule has 2 heterocycles. The summed E-state index contributed by atoms with van der Waals surface area (Å²) in [5.41, 5.74) is 1.50. The van der Waals surface area contributed by atoms with Crippen LogP contribution in [0, 0.1) is 0 Å². The Balaban J connectivity index is 1.27. The number of nitrogens with one attached hydrogen (secondary N) is 2. The van der Waals surface area contributed by atoms with Crippen LogP contribution in [0.4, 0.5) is 19.0 Å². The van der Waals surface area contributed by atoms with Crippen molar-refractivity contribution < 1.29 is 22.7 Å². The summed E-state index contributed by atoms with van der Waals surface area (Å²) in [4.78, 5) is 14.5. The zero-order chi connectivity index (χ0) is 19.7. The number of hydrogen-bond donors (Lipinski definition) is 2. The van der Waals surface area contributed by atoms with Crippen LogP contribution in [0.15, 0.2) is 30.3 Å². The van der Waals surface area contributed by atoms with Crippen molar-refractivity contribution in [2.45, 2.75) is 44.0 Å². The van der Waals surface area contributed by atoms with Gasteiger partial charge in [0.1, 0.15) is 5.75 Å². The molecule has 150 valence electrons. The van der Waals surface area contributed by atoms with E-state index in [4.69, 9.17) is 0 Å². The van der Waals surface area contributed by atoms with Gasteiger partial charge >= 0.3 is 6.36 Å². The lowest BCUT2D eigenvalue weighted by Gasteiger charge is -2.32. The summed E-state index contributed by atoms with van der Waals surface area (Å²) < 4.78 is 40.4. The number of rotatable bonds is 5. The molecule has 2 aromatic rings. The predicted molar refractivity (Wildman–Crippen MR) is 96.4 cm³/mol. The maximum Gasteiger partial charge on any atom is 0.573 e. The Labute approximate surface area is 160 Å². The number of alkyl halides is 3. The highest BCUT2D eigenvalue weighted by Crippen LogP contribution is 2.40. The van der Waals surface area contributed by atoms with Crippen molar-refractivity contribution in [3.63, 3.8) is 0 Å². The number of carbonyl (C=O) groups excluding carboxylic acids is 1. The smallest absolute Gasteiger partial charge is 0.406 e. The zero-order valence-corrected chi connectivity index (χ0v) is 15.1. The quantitative estimate of drug-likeness (QED) is 0.813. The van der Waals surface area contributed by atoms with Crippen LogP contribution in [-0.4, -0.2) is 41.6 Å². The molecule has 1 aliphatic heterocycles. The Kier molecular flexibility index (Phi) is 4.91. The van der Waals surface area contributed by atoms with Crippen molar-refractivity contribution >= 4 is 11.7 Å². The fourth-order valence-electron chi connectivity index (χ4n) is 3.42. The van der Waals surface area contributed by atoms with Crippen molar-refractivity contribution in [3.8, 4) is 5.75 Å². The number of aromatic amines is 1. The molecule has 1 saturated heterocycles. The van der Waals surface area contributed by atoms with Gasteiger partial charge in [-0.25, -0.2) is 0 Å². The number of piperidine rings is 1. The van der Waals surface area contributed by atoms with Crippen LogP contribution in [0.5, 0.6) is 5.75 Å². The van der Waals surface area contributed by atoms with Crippen LogP contribution in [0.2, 0.25) is 0 Å². The number of H-pyrrole nitrogens is 1. The second kappa shape index (κ2) is 7.37. The van der Waals surface area contributed by atoms with Crippen LogP contribution in [0.1, 0.15) is 47.7 Å². The Morgan fingerprint density at radius 2 is 1.82 bits per heavy atom. The molecule has 1 aromatic carbocycles. The lowest BCUT2D eigenvalue weighted by molar-refractivity contribution is -0.274. The summed E-state index contributed by atoms with van der Waals surface area (Å²) in [6.45, 7) is 1.58. The third-order valence-corrected chi connectivity index (χ3v) is 5.11. The molecular weight excluding hydrogens is 373 g/mol. The highest BCUT2D eigenvalue weighted by atomic mass is 19.4. The minimum atomic E-state index is -4.74. The molecule has 2 fully saturated rings. The number of halogens is 3. The Hall–Kier alpha value is -2.71. The highest BCUT2D eigenvalue weighted by molar-refractivity contribution is 5.94. The molecule has 1 saturated carbocycles. The summed E-state index contributed by atoms with van der Waals surface area (Å²) in [5.74, 6) is 0.938. The number of nitrogens with zero attached hydrogens (tertiary/aromatic N) is 2. The molecule has 0 radical (unpaired) electrons. The summed E-state index contributed by atoms with van der Waals surface area (Å²) in [5, 5.41) is 10.4. The molecule has 6 nitrogen and oxygen atoms in total. The summed E-state index contributed by atoms with van der Waals surface area (Å²) in [6.07, 6.45) is -0.733. The van der Waals surface area contributed by atoms with E-state index in [0.717, 1.165) is 43.9 Å². The number of benzene rings is 1. The number of carbonyl (C=O) groups is 1. The maximum atomic E-state index is 12.3. The van der Waals surface area contributed by atoms with Crippen LogP contribution < -0.4 is 15.0 Å². The zero-order valence-electron chi connectivity index (χ0n) is 15.1. The first kappa shape index (κ1) is 18.6. The standard InChI is InChI=1S/C19H21F3N4O2/c20-19(21,22)28-15-5-3-13(4-6-15)18(27)23-14-7-9-26(10-8-14)17-11-16(24-25-17)12-1-2-12/h3-6,11-12,14H,1-2,7-10H2,(H,23,27)(H,24,25). The normalized spacial score (nSPS) is 18.2. The van der Waals surface area contributed by atoms with E-state index in [1.807, 2.05) is 0 Å². The van der Waals surface area contributed by atoms with E-state index in [1.54, 1.807) is 0 Å². The SMILES string of the molecule is O=C(NC1CCN(c2cc(C3CC3)[nH]n2)CC1)c1ccc(OC(F)(F)F)cc1. The average Bonchev–Trinajstić information content (AvgIpc) is 3.39. The lowest BCUT2D eigenvalue weighted by Crippen LogP contribution is -2.44. The van der Waals surface area contributed by atoms with Crippen molar-refractivity contribution in [1.82, 2.24) is 15.5 Å². The third-order valence-electron chi connectivity index (χ3n) is 5.11. The number of aromatic nitrogens is 2. The molecule has 2 aliphatic rings. The van der Waals surface area contributed by atoms with Gasteiger partial charge in [0.2, 0.25) is 0 Å². The molecule has 9 heteroatoms. The van der Waals surface area contributed by atoms with Gasteiger partial charge in [0.25, 0.3) is 5.91 Å². The second-order valence-electron chi connectivity index (χ2n) is 7.26. The minimum absolute atomic E-state index is 0.0247. The summed E-state index contributed by atoms with van der Waals surface area (Å²) >= 11 is 0. The van der Waals surface area contributed by atoms with E-state index in [1.165, 1.54) is 30.7 Å². The highest BCUT2D eigenvalue weighted by Gasteiger charge is 2.31. The van der Waals surface area contributed by atoms with Crippen LogP contribution >= 0.6 is 0 Å². The van der Waals surface area contributed by atoms with Gasteiger partial charge in [-0.15, -0.1) is 13.2 Å². The topological polar surface area (TPSA) is 70.2 Å². The van der Waals surface area contributed by atoms with Gasteiger partial charge in [-0.1, -0.05) is 0 Å². The van der Waals surface area contributed by atoms with E-state index in [-0.39, 0.29) is 17.7 Å². The molecule has 0 unspecified atom stereocenters. The van der Waals surface area contributed by atoms with Crippen molar-refractivity contribution in [2.24, 2.45) is 0 Å². The molecule has 2 N–H and O–H groups in total. The Morgan fingerprint density at radius 1 is 1.14 bits per heavy atom. The van der Waals surface area contributed by atoms with Gasteiger partial charge in [-0.2, -0.15) is 5.10 Å². The van der Waals surface area contributed by atoms with Gasteiger partial charge in [0.05, 0.1) is 0 Å². The number of hydrogen-bond acceptors (Lipinski definition) is 4. The van der Waals surface area contributed by atoms with Crippen molar-refractivity contribution in [3.05, 3.63) is 41.6 Å².